The molecule has 1 saturated heterocycles. The summed E-state index contributed by atoms with van der Waals surface area (Å²) in [5.41, 5.74) is 1.69. The Hall–Kier alpha value is -3.86. The van der Waals surface area contributed by atoms with Crippen molar-refractivity contribution in [3.8, 4) is 11.3 Å². The highest BCUT2D eigenvalue weighted by Crippen LogP contribution is 2.32. The second kappa shape index (κ2) is 9.41. The standard InChI is InChI=1S/C27H29ClFN7O3/c1-15-31-32-23(39-15)25(38)34-9-10-35(27(5,6)14-34)24(37)21-13-36-22(30-21)17(26(2,3)4)12-20(33-36)16-7-8-18(28)19(29)11-16/h7-8,11-13H,9-10,14H2,1-6H3. The first-order valence-corrected chi connectivity index (χ1v) is 12.9. The van der Waals surface area contributed by atoms with Crippen molar-refractivity contribution >= 4 is 29.1 Å². The van der Waals surface area contributed by atoms with Gasteiger partial charge in [-0.1, -0.05) is 38.4 Å². The van der Waals surface area contributed by atoms with E-state index in [9.17, 15) is 14.0 Å². The summed E-state index contributed by atoms with van der Waals surface area (Å²) in [7, 11) is 0. The molecule has 0 unspecified atom stereocenters. The second-order valence-electron chi connectivity index (χ2n) is 11.3. The van der Waals surface area contributed by atoms with Crippen LogP contribution in [-0.4, -0.2) is 71.6 Å². The molecule has 0 spiro atoms. The van der Waals surface area contributed by atoms with E-state index in [4.69, 9.17) is 21.0 Å². The zero-order valence-electron chi connectivity index (χ0n) is 22.6. The molecule has 5 rings (SSSR count). The lowest BCUT2D eigenvalue weighted by atomic mass is 9.87. The quantitative estimate of drug-likeness (QED) is 0.366. The molecule has 3 aromatic heterocycles. The van der Waals surface area contributed by atoms with Crippen molar-refractivity contribution in [2.24, 2.45) is 0 Å². The van der Waals surface area contributed by atoms with Gasteiger partial charge in [-0.05, 0) is 37.5 Å². The number of rotatable bonds is 3. The normalized spacial score (nSPS) is 15.7. The number of halogens is 2. The van der Waals surface area contributed by atoms with E-state index in [0.29, 0.717) is 35.9 Å². The van der Waals surface area contributed by atoms with Crippen molar-refractivity contribution in [2.45, 2.75) is 52.5 Å². The van der Waals surface area contributed by atoms with Crippen molar-refractivity contribution < 1.29 is 18.4 Å². The van der Waals surface area contributed by atoms with Crippen LogP contribution < -0.4 is 0 Å². The summed E-state index contributed by atoms with van der Waals surface area (Å²) in [5.74, 6) is -0.936. The van der Waals surface area contributed by atoms with Crippen LogP contribution in [0.25, 0.3) is 16.9 Å². The third kappa shape index (κ3) is 4.98. The molecule has 1 aliphatic rings. The van der Waals surface area contributed by atoms with Gasteiger partial charge in [0.25, 0.3) is 5.91 Å². The number of amides is 2. The van der Waals surface area contributed by atoms with Gasteiger partial charge in [-0.2, -0.15) is 5.10 Å². The van der Waals surface area contributed by atoms with Crippen molar-refractivity contribution in [1.82, 2.24) is 34.6 Å². The van der Waals surface area contributed by atoms with Gasteiger partial charge in [0.1, 0.15) is 11.5 Å². The summed E-state index contributed by atoms with van der Waals surface area (Å²) in [6.45, 7) is 12.4. The number of fused-ring (bicyclic) bond motifs is 1. The molecule has 2 amide bonds. The largest absolute Gasteiger partial charge is 0.417 e. The molecule has 39 heavy (non-hydrogen) atoms. The lowest BCUT2D eigenvalue weighted by molar-refractivity contribution is 0.0150. The van der Waals surface area contributed by atoms with Crippen molar-refractivity contribution in [3.05, 3.63) is 64.3 Å². The van der Waals surface area contributed by atoms with Crippen molar-refractivity contribution in [3.63, 3.8) is 0 Å². The number of imidazole rings is 1. The van der Waals surface area contributed by atoms with Crippen LogP contribution in [-0.2, 0) is 5.41 Å². The summed E-state index contributed by atoms with van der Waals surface area (Å²) < 4.78 is 21.1. The molecule has 1 aliphatic heterocycles. The monoisotopic (exact) mass is 553 g/mol. The number of nitrogens with zero attached hydrogens (tertiary/aromatic N) is 7. The molecule has 0 saturated carbocycles. The Balaban J connectivity index is 1.47. The van der Waals surface area contributed by atoms with Gasteiger partial charge in [0.15, 0.2) is 5.65 Å². The molecule has 0 atom stereocenters. The minimum atomic E-state index is -0.692. The molecule has 1 fully saturated rings. The van der Waals surface area contributed by atoms with Gasteiger partial charge in [-0.3, -0.25) is 9.59 Å². The van der Waals surface area contributed by atoms with E-state index in [2.05, 4.69) is 15.3 Å². The van der Waals surface area contributed by atoms with Gasteiger partial charge < -0.3 is 14.2 Å². The van der Waals surface area contributed by atoms with Gasteiger partial charge in [-0.25, -0.2) is 13.9 Å². The minimum Gasteiger partial charge on any atom is -0.417 e. The Kier molecular flexibility index (Phi) is 6.45. The van der Waals surface area contributed by atoms with Crippen LogP contribution in [0, 0.1) is 12.7 Å². The number of hydrogen-bond donors (Lipinski definition) is 0. The molecule has 1 aromatic carbocycles. The molecule has 12 heteroatoms. The third-order valence-electron chi connectivity index (χ3n) is 6.81. The molecule has 4 heterocycles. The zero-order chi connectivity index (χ0) is 28.3. The first kappa shape index (κ1) is 26.7. The highest BCUT2D eigenvalue weighted by molar-refractivity contribution is 6.30. The Morgan fingerprint density at radius 3 is 2.46 bits per heavy atom. The fourth-order valence-corrected chi connectivity index (χ4v) is 4.91. The number of carbonyl (C=O) groups excluding carboxylic acids is 2. The fourth-order valence-electron chi connectivity index (χ4n) is 4.79. The van der Waals surface area contributed by atoms with Crippen LogP contribution in [0.1, 0.15) is 67.2 Å². The highest BCUT2D eigenvalue weighted by Gasteiger charge is 2.40. The molecular formula is C27H29ClFN7O3. The van der Waals surface area contributed by atoms with E-state index in [1.807, 2.05) is 40.7 Å². The van der Waals surface area contributed by atoms with Crippen LogP contribution in [0.15, 0.2) is 34.9 Å². The zero-order valence-corrected chi connectivity index (χ0v) is 23.4. The van der Waals surface area contributed by atoms with Crippen molar-refractivity contribution in [1.29, 1.82) is 0 Å². The Labute approximate surface area is 229 Å². The van der Waals surface area contributed by atoms with Crippen LogP contribution >= 0.6 is 11.6 Å². The summed E-state index contributed by atoms with van der Waals surface area (Å²) in [4.78, 5) is 34.6. The first-order chi connectivity index (χ1) is 18.2. The van der Waals surface area contributed by atoms with Gasteiger partial charge >= 0.3 is 11.8 Å². The van der Waals surface area contributed by atoms with Gasteiger partial charge in [0, 0.05) is 37.7 Å². The second-order valence-corrected chi connectivity index (χ2v) is 11.7. The summed E-state index contributed by atoms with van der Waals surface area (Å²) in [5, 5.41) is 12.2. The number of hydrogen-bond acceptors (Lipinski definition) is 7. The number of carbonyl (C=O) groups is 2. The molecule has 0 N–H and O–H groups in total. The molecule has 4 aromatic rings. The topological polar surface area (TPSA) is 110 Å². The highest BCUT2D eigenvalue weighted by atomic mass is 35.5. The smallest absolute Gasteiger partial charge is 0.311 e. The number of benzene rings is 1. The summed E-state index contributed by atoms with van der Waals surface area (Å²) >= 11 is 5.88. The average Bonchev–Trinajstić information content (AvgIpc) is 3.49. The van der Waals surface area contributed by atoms with Gasteiger partial charge in [0.2, 0.25) is 5.89 Å². The lowest BCUT2D eigenvalue weighted by Gasteiger charge is -2.46. The lowest BCUT2D eigenvalue weighted by Crippen LogP contribution is -2.62. The molecule has 0 aliphatic carbocycles. The molecule has 10 nitrogen and oxygen atoms in total. The van der Waals surface area contributed by atoms with E-state index in [1.165, 1.54) is 12.1 Å². The minimum absolute atomic E-state index is 0.0306. The van der Waals surface area contributed by atoms with E-state index in [1.54, 1.807) is 33.5 Å². The Morgan fingerprint density at radius 1 is 1.10 bits per heavy atom. The Bertz CT molecular complexity index is 1600. The van der Waals surface area contributed by atoms with E-state index < -0.39 is 11.4 Å². The van der Waals surface area contributed by atoms with E-state index in [0.717, 1.165) is 5.56 Å². The summed E-state index contributed by atoms with van der Waals surface area (Å²) in [6, 6.07) is 6.40. The average molecular weight is 554 g/mol. The number of piperazine rings is 1. The maximum Gasteiger partial charge on any atom is 0.311 e. The van der Waals surface area contributed by atoms with Gasteiger partial charge in [0.05, 0.1) is 22.5 Å². The van der Waals surface area contributed by atoms with E-state index >= 15 is 0 Å². The first-order valence-electron chi connectivity index (χ1n) is 12.5. The molecular weight excluding hydrogens is 525 g/mol. The maximum atomic E-state index is 14.2. The fraction of sp³-hybridized carbons (Fsp3) is 0.407. The molecule has 0 radical (unpaired) electrons. The van der Waals surface area contributed by atoms with Crippen LogP contribution in [0.4, 0.5) is 4.39 Å². The summed E-state index contributed by atoms with van der Waals surface area (Å²) in [6.07, 6.45) is 1.59. The van der Waals surface area contributed by atoms with Crippen LogP contribution in [0.5, 0.6) is 0 Å². The van der Waals surface area contributed by atoms with E-state index in [-0.39, 0.29) is 40.4 Å². The number of aryl methyl sites for hydroxylation is 1. The van der Waals surface area contributed by atoms with Crippen LogP contribution in [0.2, 0.25) is 5.02 Å². The molecule has 0 bridgehead atoms. The number of aromatic nitrogens is 5. The molecule has 204 valence electrons. The van der Waals surface area contributed by atoms with Gasteiger partial charge in [-0.15, -0.1) is 10.2 Å². The van der Waals surface area contributed by atoms with Crippen molar-refractivity contribution in [2.75, 3.05) is 19.6 Å². The maximum absolute atomic E-state index is 14.2. The predicted octanol–water partition coefficient (Wildman–Crippen LogP) is 4.55. The Morgan fingerprint density at radius 2 is 1.85 bits per heavy atom. The third-order valence-corrected chi connectivity index (χ3v) is 7.12. The SMILES string of the molecule is Cc1nnc(C(=O)N2CCN(C(=O)c3cn4nc(-c5ccc(Cl)c(F)c5)cc(C(C)(C)C)c4n3)C(C)(C)C2)o1. The predicted molar refractivity (Wildman–Crippen MR) is 142 cm³/mol. The van der Waals surface area contributed by atoms with Crippen LogP contribution in [0.3, 0.4) is 0 Å².